The summed E-state index contributed by atoms with van der Waals surface area (Å²) in [5.41, 5.74) is 0. The molecule has 0 bridgehead atoms. The summed E-state index contributed by atoms with van der Waals surface area (Å²) < 4.78 is 11.0. The van der Waals surface area contributed by atoms with E-state index in [4.69, 9.17) is 14.7 Å². The Labute approximate surface area is 65.7 Å². The highest BCUT2D eigenvalue weighted by Crippen LogP contribution is 2.31. The Morgan fingerprint density at radius 3 is 2.18 bits per heavy atom. The van der Waals surface area contributed by atoms with Crippen LogP contribution in [0.5, 0.6) is 0 Å². The lowest BCUT2D eigenvalue weighted by molar-refractivity contribution is -0.181. The summed E-state index contributed by atoms with van der Waals surface area (Å²) in [6.07, 6.45) is 0.102. The first kappa shape index (κ1) is 7.49. The van der Waals surface area contributed by atoms with E-state index in [2.05, 4.69) is 0 Å². The topological polar surface area (TPSA) is 41.9 Å². The van der Waals surface area contributed by atoms with E-state index >= 15 is 0 Å². The SMILES string of the molecule is CC1(C)O[C@H]2CN(O)C[C@H]2O1. The lowest BCUT2D eigenvalue weighted by Crippen LogP contribution is -2.28. The molecule has 2 aliphatic heterocycles. The Kier molecular flexibility index (Phi) is 1.47. The monoisotopic (exact) mass is 159 g/mol. The zero-order chi connectivity index (χ0) is 8.06. The summed E-state index contributed by atoms with van der Waals surface area (Å²) in [5.74, 6) is -0.462. The minimum atomic E-state index is -0.462. The fraction of sp³-hybridized carbons (Fsp3) is 1.00. The summed E-state index contributed by atoms with van der Waals surface area (Å²) >= 11 is 0. The van der Waals surface area contributed by atoms with Crippen LogP contribution in [0.1, 0.15) is 13.8 Å². The van der Waals surface area contributed by atoms with Gasteiger partial charge in [0.1, 0.15) is 12.2 Å². The van der Waals surface area contributed by atoms with E-state index in [-0.39, 0.29) is 12.2 Å². The van der Waals surface area contributed by atoms with Crippen molar-refractivity contribution in [3.8, 4) is 0 Å². The number of fused-ring (bicyclic) bond motifs is 1. The number of hydrogen-bond acceptors (Lipinski definition) is 4. The average Bonchev–Trinajstić information content (AvgIpc) is 2.17. The zero-order valence-electron chi connectivity index (χ0n) is 6.78. The normalized spacial score (nSPS) is 42.8. The first-order chi connectivity index (χ1) is 5.07. The third kappa shape index (κ3) is 1.27. The Balaban J connectivity index is 2.04. The molecule has 11 heavy (non-hydrogen) atoms. The second kappa shape index (κ2) is 2.17. The largest absolute Gasteiger partial charge is 0.343 e. The molecular weight excluding hydrogens is 146 g/mol. The van der Waals surface area contributed by atoms with E-state index in [0.29, 0.717) is 13.1 Å². The molecule has 2 fully saturated rings. The van der Waals surface area contributed by atoms with Gasteiger partial charge in [0.05, 0.1) is 13.1 Å². The second-order valence-electron chi connectivity index (χ2n) is 3.58. The van der Waals surface area contributed by atoms with Gasteiger partial charge in [-0.2, -0.15) is 5.06 Å². The predicted molar refractivity (Wildman–Crippen MR) is 37.2 cm³/mol. The van der Waals surface area contributed by atoms with Crippen LogP contribution < -0.4 is 0 Å². The van der Waals surface area contributed by atoms with Crippen LogP contribution >= 0.6 is 0 Å². The lowest BCUT2D eigenvalue weighted by Gasteiger charge is -2.19. The maximum absolute atomic E-state index is 9.08. The minimum Gasteiger partial charge on any atom is -0.343 e. The van der Waals surface area contributed by atoms with Crippen LogP contribution in [0.4, 0.5) is 0 Å². The van der Waals surface area contributed by atoms with Gasteiger partial charge in [-0.3, -0.25) is 0 Å². The van der Waals surface area contributed by atoms with Gasteiger partial charge in [-0.1, -0.05) is 0 Å². The van der Waals surface area contributed by atoms with E-state index in [0.717, 1.165) is 0 Å². The van der Waals surface area contributed by atoms with Crippen molar-refractivity contribution >= 4 is 0 Å². The molecule has 64 valence electrons. The fourth-order valence-electron chi connectivity index (χ4n) is 1.71. The highest BCUT2D eigenvalue weighted by atomic mass is 16.8. The molecule has 4 heteroatoms. The van der Waals surface area contributed by atoms with Crippen LogP contribution in [0.15, 0.2) is 0 Å². The van der Waals surface area contributed by atoms with Crippen LogP contribution in [0.2, 0.25) is 0 Å². The highest BCUT2D eigenvalue weighted by molar-refractivity contribution is 4.89. The molecule has 0 aromatic heterocycles. The molecule has 2 saturated heterocycles. The molecule has 1 N–H and O–H groups in total. The molecule has 0 radical (unpaired) electrons. The molecule has 0 amide bonds. The lowest BCUT2D eigenvalue weighted by atomic mass is 10.3. The van der Waals surface area contributed by atoms with Gasteiger partial charge in [0.2, 0.25) is 0 Å². The van der Waals surface area contributed by atoms with Crippen molar-refractivity contribution in [2.45, 2.75) is 31.8 Å². The predicted octanol–water partition coefficient (Wildman–Crippen LogP) is 0.211. The Morgan fingerprint density at radius 2 is 1.73 bits per heavy atom. The van der Waals surface area contributed by atoms with Crippen LogP contribution in [-0.2, 0) is 9.47 Å². The van der Waals surface area contributed by atoms with Gasteiger partial charge in [0, 0.05) is 0 Å². The number of ether oxygens (including phenoxy) is 2. The van der Waals surface area contributed by atoms with Gasteiger partial charge in [0.25, 0.3) is 0 Å². The van der Waals surface area contributed by atoms with E-state index in [1.54, 1.807) is 0 Å². The molecule has 2 aliphatic rings. The number of hydroxylamine groups is 2. The third-order valence-corrected chi connectivity index (χ3v) is 2.07. The molecule has 4 nitrogen and oxygen atoms in total. The molecule has 0 aliphatic carbocycles. The second-order valence-corrected chi connectivity index (χ2v) is 3.58. The zero-order valence-corrected chi connectivity index (χ0v) is 6.78. The summed E-state index contributed by atoms with van der Waals surface area (Å²) in [7, 11) is 0. The molecule has 2 atom stereocenters. The molecule has 0 aromatic carbocycles. The minimum absolute atomic E-state index is 0.0509. The van der Waals surface area contributed by atoms with Crippen molar-refractivity contribution in [2.24, 2.45) is 0 Å². The van der Waals surface area contributed by atoms with E-state index in [1.807, 2.05) is 13.8 Å². The molecule has 2 heterocycles. The first-order valence-electron chi connectivity index (χ1n) is 3.86. The Bertz CT molecular complexity index is 155. The van der Waals surface area contributed by atoms with Crippen LogP contribution in [0.25, 0.3) is 0 Å². The van der Waals surface area contributed by atoms with Crippen molar-refractivity contribution < 1.29 is 14.7 Å². The maximum atomic E-state index is 9.08. The summed E-state index contributed by atoms with van der Waals surface area (Å²) in [6, 6.07) is 0. The van der Waals surface area contributed by atoms with Crippen LogP contribution in [0, 0.1) is 0 Å². The Morgan fingerprint density at radius 1 is 1.27 bits per heavy atom. The molecule has 0 saturated carbocycles. The molecular formula is C7H13NO3. The number of hydrogen-bond donors (Lipinski definition) is 1. The van der Waals surface area contributed by atoms with Gasteiger partial charge in [-0.05, 0) is 13.8 Å². The Hall–Kier alpha value is -0.160. The van der Waals surface area contributed by atoms with Gasteiger partial charge in [-0.15, -0.1) is 0 Å². The summed E-state index contributed by atoms with van der Waals surface area (Å²) in [6.45, 7) is 4.92. The van der Waals surface area contributed by atoms with Crippen molar-refractivity contribution in [2.75, 3.05) is 13.1 Å². The third-order valence-electron chi connectivity index (χ3n) is 2.07. The molecule has 0 aromatic rings. The van der Waals surface area contributed by atoms with Crippen LogP contribution in [-0.4, -0.2) is 41.4 Å². The summed E-state index contributed by atoms with van der Waals surface area (Å²) in [4.78, 5) is 0. The smallest absolute Gasteiger partial charge is 0.163 e. The fourth-order valence-corrected chi connectivity index (χ4v) is 1.71. The van der Waals surface area contributed by atoms with Crippen LogP contribution in [0.3, 0.4) is 0 Å². The van der Waals surface area contributed by atoms with Gasteiger partial charge < -0.3 is 14.7 Å². The molecule has 0 spiro atoms. The molecule has 2 rings (SSSR count). The highest BCUT2D eigenvalue weighted by Gasteiger charge is 2.46. The van der Waals surface area contributed by atoms with E-state index < -0.39 is 5.79 Å². The summed E-state index contributed by atoms with van der Waals surface area (Å²) in [5, 5.41) is 10.3. The van der Waals surface area contributed by atoms with E-state index in [1.165, 1.54) is 5.06 Å². The number of nitrogens with zero attached hydrogens (tertiary/aromatic N) is 1. The van der Waals surface area contributed by atoms with Crippen molar-refractivity contribution in [1.82, 2.24) is 5.06 Å². The maximum Gasteiger partial charge on any atom is 0.163 e. The number of rotatable bonds is 0. The standard InChI is InChI=1S/C7H13NO3/c1-7(2)10-5-3-8(9)4-6(5)11-7/h5-6,9H,3-4H2,1-2H3/t5-,6+. The van der Waals surface area contributed by atoms with E-state index in [9.17, 15) is 0 Å². The van der Waals surface area contributed by atoms with Gasteiger partial charge >= 0.3 is 0 Å². The van der Waals surface area contributed by atoms with Gasteiger partial charge in [-0.25, -0.2) is 0 Å². The van der Waals surface area contributed by atoms with Crippen molar-refractivity contribution in [3.05, 3.63) is 0 Å². The average molecular weight is 159 g/mol. The van der Waals surface area contributed by atoms with Crippen molar-refractivity contribution in [3.63, 3.8) is 0 Å². The first-order valence-corrected chi connectivity index (χ1v) is 3.86. The van der Waals surface area contributed by atoms with Crippen molar-refractivity contribution in [1.29, 1.82) is 0 Å². The quantitative estimate of drug-likeness (QED) is 0.548. The molecule has 0 unspecified atom stereocenters. The van der Waals surface area contributed by atoms with Gasteiger partial charge in [0.15, 0.2) is 5.79 Å².